The Balaban J connectivity index is 1.61. The van der Waals surface area contributed by atoms with Gasteiger partial charge in [-0.2, -0.15) is 0 Å². The molecule has 4 rings (SSSR count). The monoisotopic (exact) mass is 385 g/mol. The molecular weight excluding hydrogens is 369 g/mol. The summed E-state index contributed by atoms with van der Waals surface area (Å²) in [4.78, 5) is 17.0. The van der Waals surface area contributed by atoms with E-state index < -0.39 is 0 Å². The van der Waals surface area contributed by atoms with Gasteiger partial charge < -0.3 is 10.6 Å². The van der Waals surface area contributed by atoms with Gasteiger partial charge in [0.25, 0.3) is 5.91 Å². The summed E-state index contributed by atoms with van der Waals surface area (Å²) in [6.45, 7) is 1.71. The summed E-state index contributed by atoms with van der Waals surface area (Å²) < 4.78 is 0. The van der Waals surface area contributed by atoms with Gasteiger partial charge in [-0.1, -0.05) is 35.3 Å². The number of benzene rings is 2. The summed E-state index contributed by atoms with van der Waals surface area (Å²) in [5, 5.41) is 9.43. The number of fused-ring (bicyclic) bond motifs is 1. The highest BCUT2D eigenvalue weighted by molar-refractivity contribution is 6.42. The van der Waals surface area contributed by atoms with Crippen LogP contribution in [0.2, 0.25) is 10.0 Å². The van der Waals surface area contributed by atoms with Crippen LogP contribution in [0.15, 0.2) is 54.9 Å². The fourth-order valence-electron chi connectivity index (χ4n) is 3.18. The molecule has 1 fully saturated rings. The molecule has 1 aliphatic rings. The van der Waals surface area contributed by atoms with Crippen LogP contribution in [0.25, 0.3) is 10.8 Å². The van der Waals surface area contributed by atoms with Gasteiger partial charge in [0.05, 0.1) is 16.1 Å². The first-order valence-corrected chi connectivity index (χ1v) is 9.18. The zero-order valence-electron chi connectivity index (χ0n) is 13.9. The van der Waals surface area contributed by atoms with E-state index in [2.05, 4.69) is 15.6 Å². The topological polar surface area (TPSA) is 54.0 Å². The van der Waals surface area contributed by atoms with Crippen LogP contribution >= 0.6 is 23.2 Å². The van der Waals surface area contributed by atoms with Crippen LogP contribution in [-0.4, -0.2) is 24.0 Å². The van der Waals surface area contributed by atoms with Crippen molar-refractivity contribution in [2.75, 3.05) is 13.1 Å². The van der Waals surface area contributed by atoms with Gasteiger partial charge >= 0.3 is 0 Å². The minimum absolute atomic E-state index is 0.105. The second-order valence-corrected chi connectivity index (χ2v) is 7.30. The third kappa shape index (κ3) is 3.40. The maximum absolute atomic E-state index is 12.9. The number of halogens is 2. The highest BCUT2D eigenvalue weighted by Crippen LogP contribution is 2.31. The Bertz CT molecular complexity index is 972. The number of nitrogens with one attached hydrogen (secondary N) is 2. The van der Waals surface area contributed by atoms with Crippen molar-refractivity contribution < 1.29 is 4.79 Å². The largest absolute Gasteiger partial charge is 0.345 e. The molecule has 0 unspecified atom stereocenters. The summed E-state index contributed by atoms with van der Waals surface area (Å²) in [7, 11) is 0. The third-order valence-electron chi connectivity index (χ3n) is 4.78. The van der Waals surface area contributed by atoms with Crippen molar-refractivity contribution in [1.29, 1.82) is 0 Å². The lowest BCUT2D eigenvalue weighted by Crippen LogP contribution is -2.50. The number of hydrogen-bond acceptors (Lipinski definition) is 3. The zero-order valence-corrected chi connectivity index (χ0v) is 15.4. The molecule has 1 aliphatic heterocycles. The number of carbonyl (C=O) groups excluding carboxylic acids is 1. The number of carbonyl (C=O) groups is 1. The van der Waals surface area contributed by atoms with E-state index in [9.17, 15) is 4.79 Å². The SMILES string of the molecule is O=C(N[C@H](c1ccc(Cl)c(Cl)c1)C1CNC1)c1ccc2cnccc2c1. The summed E-state index contributed by atoms with van der Waals surface area (Å²) in [6, 6.07) is 12.9. The van der Waals surface area contributed by atoms with Gasteiger partial charge in [0, 0.05) is 42.4 Å². The van der Waals surface area contributed by atoms with E-state index in [4.69, 9.17) is 23.2 Å². The first kappa shape index (κ1) is 17.3. The minimum atomic E-state index is -0.119. The predicted molar refractivity (Wildman–Crippen MR) is 105 cm³/mol. The van der Waals surface area contributed by atoms with Gasteiger partial charge in [-0.05, 0) is 41.3 Å². The molecule has 1 aromatic heterocycles. The van der Waals surface area contributed by atoms with Crippen LogP contribution in [0.3, 0.4) is 0 Å². The molecule has 132 valence electrons. The van der Waals surface area contributed by atoms with Gasteiger partial charge in [-0.15, -0.1) is 0 Å². The standard InChI is InChI=1S/C20H17Cl2N3O/c21-17-4-3-13(8-18(17)22)19(16-10-24-11-16)25-20(26)14-1-2-15-9-23-6-5-12(15)7-14/h1-9,16,19,24H,10-11H2,(H,25,26)/t19-/m1/s1. The number of aromatic nitrogens is 1. The van der Waals surface area contributed by atoms with Crippen LogP contribution in [0.5, 0.6) is 0 Å². The number of hydrogen-bond donors (Lipinski definition) is 2. The van der Waals surface area contributed by atoms with Crippen LogP contribution in [0, 0.1) is 5.92 Å². The summed E-state index contributed by atoms with van der Waals surface area (Å²) in [5.74, 6) is 0.215. The molecular formula is C20H17Cl2N3O. The van der Waals surface area contributed by atoms with E-state index in [-0.39, 0.29) is 11.9 Å². The molecule has 1 atom stereocenters. The molecule has 3 aromatic rings. The maximum Gasteiger partial charge on any atom is 0.251 e. The van der Waals surface area contributed by atoms with Gasteiger partial charge in [0.2, 0.25) is 0 Å². The Hall–Kier alpha value is -2.14. The smallest absolute Gasteiger partial charge is 0.251 e. The van der Waals surface area contributed by atoms with Crippen molar-refractivity contribution in [1.82, 2.24) is 15.6 Å². The third-order valence-corrected chi connectivity index (χ3v) is 5.52. The van der Waals surface area contributed by atoms with E-state index in [1.165, 1.54) is 0 Å². The lowest BCUT2D eigenvalue weighted by atomic mass is 9.88. The highest BCUT2D eigenvalue weighted by Gasteiger charge is 2.30. The van der Waals surface area contributed by atoms with Crippen molar-refractivity contribution in [3.05, 3.63) is 76.0 Å². The molecule has 6 heteroatoms. The molecule has 0 aliphatic carbocycles. The fourth-order valence-corrected chi connectivity index (χ4v) is 3.48. The number of nitrogens with zero attached hydrogens (tertiary/aromatic N) is 1. The Morgan fingerprint density at radius 1 is 1.08 bits per heavy atom. The van der Waals surface area contributed by atoms with Crippen molar-refractivity contribution in [2.45, 2.75) is 6.04 Å². The molecule has 0 spiro atoms. The summed E-state index contributed by atoms with van der Waals surface area (Å²) in [5.41, 5.74) is 1.59. The molecule has 26 heavy (non-hydrogen) atoms. The normalized spacial score (nSPS) is 15.5. The van der Waals surface area contributed by atoms with E-state index in [0.717, 1.165) is 29.4 Å². The second-order valence-electron chi connectivity index (χ2n) is 6.48. The first-order chi connectivity index (χ1) is 12.6. The number of rotatable bonds is 4. The lowest BCUT2D eigenvalue weighted by molar-refractivity contribution is 0.0909. The van der Waals surface area contributed by atoms with Gasteiger partial charge in [0.1, 0.15) is 0 Å². The van der Waals surface area contributed by atoms with Crippen molar-refractivity contribution in [3.63, 3.8) is 0 Å². The fraction of sp³-hybridized carbons (Fsp3) is 0.200. The molecule has 0 bridgehead atoms. The average molecular weight is 386 g/mol. The molecule has 0 radical (unpaired) electrons. The Morgan fingerprint density at radius 3 is 2.65 bits per heavy atom. The molecule has 1 saturated heterocycles. The van der Waals surface area contributed by atoms with E-state index >= 15 is 0 Å². The van der Waals surface area contributed by atoms with Crippen molar-refractivity contribution in [3.8, 4) is 0 Å². The average Bonchev–Trinajstić information content (AvgIpc) is 2.61. The van der Waals surface area contributed by atoms with Crippen LogP contribution < -0.4 is 10.6 Å². The van der Waals surface area contributed by atoms with Crippen molar-refractivity contribution in [2.24, 2.45) is 5.92 Å². The van der Waals surface area contributed by atoms with Crippen molar-refractivity contribution >= 4 is 39.9 Å². The van der Waals surface area contributed by atoms with E-state index in [0.29, 0.717) is 21.5 Å². The van der Waals surface area contributed by atoms with Crippen LogP contribution in [-0.2, 0) is 0 Å². The van der Waals surface area contributed by atoms with Crippen LogP contribution in [0.4, 0.5) is 0 Å². The number of amides is 1. The van der Waals surface area contributed by atoms with E-state index in [1.807, 2.05) is 36.4 Å². The predicted octanol–water partition coefficient (Wildman–Crippen LogP) is 4.23. The summed E-state index contributed by atoms with van der Waals surface area (Å²) in [6.07, 6.45) is 3.51. The summed E-state index contributed by atoms with van der Waals surface area (Å²) >= 11 is 12.2. The Labute approximate surface area is 161 Å². The highest BCUT2D eigenvalue weighted by atomic mass is 35.5. The van der Waals surface area contributed by atoms with Gasteiger partial charge in [-0.25, -0.2) is 0 Å². The van der Waals surface area contributed by atoms with E-state index in [1.54, 1.807) is 18.5 Å². The lowest BCUT2D eigenvalue weighted by Gasteiger charge is -2.35. The van der Waals surface area contributed by atoms with Gasteiger partial charge in [0.15, 0.2) is 0 Å². The molecule has 2 aromatic carbocycles. The molecule has 1 amide bonds. The molecule has 2 heterocycles. The minimum Gasteiger partial charge on any atom is -0.345 e. The first-order valence-electron chi connectivity index (χ1n) is 8.42. The maximum atomic E-state index is 12.9. The number of pyridine rings is 1. The quantitative estimate of drug-likeness (QED) is 0.706. The van der Waals surface area contributed by atoms with Crippen LogP contribution in [0.1, 0.15) is 22.0 Å². The molecule has 2 N–H and O–H groups in total. The second kappa shape index (κ2) is 7.23. The molecule has 4 nitrogen and oxygen atoms in total. The Morgan fingerprint density at radius 2 is 1.92 bits per heavy atom. The molecule has 0 saturated carbocycles. The Kier molecular flexibility index (Phi) is 4.81. The van der Waals surface area contributed by atoms with Gasteiger partial charge in [-0.3, -0.25) is 9.78 Å². The zero-order chi connectivity index (χ0) is 18.1.